The highest BCUT2D eigenvalue weighted by Crippen LogP contribution is 1.94. The molecule has 0 spiro atoms. The number of nitrogens with zero attached hydrogens (tertiary/aromatic N) is 1. The third kappa shape index (κ3) is 5.85. The predicted molar refractivity (Wildman–Crippen MR) is 48.1 cm³/mol. The van der Waals surface area contributed by atoms with Gasteiger partial charge >= 0.3 is 0 Å². The maximum absolute atomic E-state index is 4.88. The largest absolute Gasteiger partial charge is 0.385 e. The summed E-state index contributed by atoms with van der Waals surface area (Å²) in [6.45, 7) is 2.80. The quantitative estimate of drug-likeness (QED) is 0.447. The summed E-state index contributed by atoms with van der Waals surface area (Å²) in [5.41, 5.74) is 0. The lowest BCUT2D eigenvalue weighted by Crippen LogP contribution is -2.02. The van der Waals surface area contributed by atoms with Crippen molar-refractivity contribution in [3.8, 4) is 0 Å². The molecule has 10 heavy (non-hydrogen) atoms. The van der Waals surface area contributed by atoms with E-state index in [0.717, 1.165) is 13.0 Å². The van der Waals surface area contributed by atoms with E-state index in [2.05, 4.69) is 17.2 Å². The van der Waals surface area contributed by atoms with E-state index >= 15 is 0 Å². The van der Waals surface area contributed by atoms with Crippen molar-refractivity contribution in [3.63, 3.8) is 0 Å². The molecule has 2 nitrogen and oxygen atoms in total. The van der Waals surface area contributed by atoms with Gasteiger partial charge in [0.2, 0.25) is 0 Å². The molecule has 0 heterocycles. The first-order valence-corrected chi connectivity index (χ1v) is 3.74. The molecule has 0 aliphatic carbocycles. The second kappa shape index (κ2) is 6.83. The molecule has 0 unspecified atom stereocenters. The second-order valence-corrected chi connectivity index (χ2v) is 2.34. The van der Waals surface area contributed by atoms with Crippen molar-refractivity contribution in [3.05, 3.63) is 0 Å². The fraction of sp³-hybridized carbons (Fsp3) is 0.714. The first-order chi connectivity index (χ1) is 4.81. The lowest BCUT2D eigenvalue weighted by atomic mass is 10.3. The number of ether oxygens (including phenoxy) is 1. The molecule has 1 atom stereocenters. The molecule has 3 heteroatoms. The van der Waals surface area contributed by atoms with Crippen LogP contribution in [0.4, 0.5) is 0 Å². The van der Waals surface area contributed by atoms with Crippen LogP contribution < -0.4 is 0 Å². The minimum absolute atomic E-state index is 0.319. The van der Waals surface area contributed by atoms with Gasteiger partial charge < -0.3 is 4.74 Å². The molecule has 0 amide bonds. The summed E-state index contributed by atoms with van der Waals surface area (Å²) in [4.78, 5) is 4.12. The van der Waals surface area contributed by atoms with Gasteiger partial charge in [-0.05, 0) is 13.3 Å². The summed E-state index contributed by atoms with van der Waals surface area (Å²) in [6.07, 6.45) is 2.60. The van der Waals surface area contributed by atoms with Gasteiger partial charge in [0, 0.05) is 31.3 Å². The Kier molecular flexibility index (Phi) is 6.64. The molecule has 0 aromatic heterocycles. The molecule has 0 fully saturated rings. The maximum atomic E-state index is 4.88. The lowest BCUT2D eigenvalue weighted by Gasteiger charge is -2.02. The van der Waals surface area contributed by atoms with Crippen molar-refractivity contribution in [2.45, 2.75) is 19.4 Å². The summed E-state index contributed by atoms with van der Waals surface area (Å²) in [6, 6.07) is 0.319. The molecule has 0 aliphatic heterocycles. The predicted octanol–water partition coefficient (Wildman–Crippen LogP) is 1.48. The zero-order valence-corrected chi connectivity index (χ0v) is 7.23. The smallest absolute Gasteiger partial charge is 0.0493 e. The van der Waals surface area contributed by atoms with Crippen LogP contribution in [0.15, 0.2) is 4.99 Å². The van der Waals surface area contributed by atoms with Crippen LogP contribution in [-0.2, 0) is 4.74 Å². The van der Waals surface area contributed by atoms with Gasteiger partial charge in [-0.3, -0.25) is 4.99 Å². The number of hydrogen-bond acceptors (Lipinski definition) is 3. The van der Waals surface area contributed by atoms with Gasteiger partial charge in [0.25, 0.3) is 0 Å². The minimum atomic E-state index is 0.319. The van der Waals surface area contributed by atoms with E-state index in [-0.39, 0.29) is 0 Å². The lowest BCUT2D eigenvalue weighted by molar-refractivity contribution is 0.190. The average Bonchev–Trinajstić information content (AvgIpc) is 1.97. The zero-order chi connectivity index (χ0) is 7.82. The van der Waals surface area contributed by atoms with Crippen molar-refractivity contribution in [1.29, 1.82) is 0 Å². The van der Waals surface area contributed by atoms with Crippen LogP contribution in [0.3, 0.4) is 0 Å². The number of rotatable bonds is 5. The topological polar surface area (TPSA) is 21.6 Å². The van der Waals surface area contributed by atoms with Gasteiger partial charge in [-0.15, -0.1) is 0 Å². The number of hydrogen-bond donors (Lipinski definition) is 0. The molecular formula is C7H13NOS. The van der Waals surface area contributed by atoms with Crippen LogP contribution in [0.2, 0.25) is 0 Å². The van der Waals surface area contributed by atoms with E-state index in [1.165, 1.54) is 5.37 Å². The minimum Gasteiger partial charge on any atom is -0.385 e. The Labute approximate surface area is 67.3 Å². The Hall–Kier alpha value is -0.280. The van der Waals surface area contributed by atoms with Gasteiger partial charge in [-0.1, -0.05) is 12.2 Å². The Bertz CT molecular complexity index is 114. The molecule has 0 saturated heterocycles. The third-order valence-electron chi connectivity index (χ3n) is 1.14. The Morgan fingerprint density at radius 3 is 2.90 bits per heavy atom. The van der Waals surface area contributed by atoms with Crippen LogP contribution in [0.25, 0.3) is 0 Å². The van der Waals surface area contributed by atoms with Crippen molar-refractivity contribution < 1.29 is 4.74 Å². The molecule has 0 N–H and O–H groups in total. The monoisotopic (exact) mass is 159 g/mol. The van der Waals surface area contributed by atoms with Gasteiger partial charge in [0.15, 0.2) is 0 Å². The van der Waals surface area contributed by atoms with E-state index in [9.17, 15) is 0 Å². The molecule has 0 aromatic carbocycles. The molecule has 0 rings (SSSR count). The maximum Gasteiger partial charge on any atom is 0.0493 e. The Morgan fingerprint density at radius 2 is 2.40 bits per heavy atom. The van der Waals surface area contributed by atoms with E-state index in [0.29, 0.717) is 6.04 Å². The van der Waals surface area contributed by atoms with Crippen LogP contribution in [0, 0.1) is 0 Å². The second-order valence-electron chi connectivity index (χ2n) is 2.06. The van der Waals surface area contributed by atoms with Gasteiger partial charge in [0.1, 0.15) is 0 Å². The van der Waals surface area contributed by atoms with Crippen LogP contribution >= 0.6 is 12.2 Å². The molecule has 0 radical (unpaired) electrons. The van der Waals surface area contributed by atoms with Crippen molar-refractivity contribution in [2.24, 2.45) is 4.99 Å². The first-order valence-electron chi connectivity index (χ1n) is 3.27. The summed E-state index contributed by atoms with van der Waals surface area (Å²) in [5, 5.41) is 1.52. The van der Waals surface area contributed by atoms with Gasteiger partial charge in [-0.2, -0.15) is 0 Å². The molecular weight excluding hydrogens is 146 g/mol. The zero-order valence-electron chi connectivity index (χ0n) is 6.41. The highest BCUT2D eigenvalue weighted by Gasteiger charge is 1.94. The van der Waals surface area contributed by atoms with E-state index in [4.69, 9.17) is 4.74 Å². The van der Waals surface area contributed by atoms with Crippen molar-refractivity contribution >= 4 is 23.8 Å². The summed E-state index contributed by atoms with van der Waals surface area (Å²) in [5.74, 6) is 0. The fourth-order valence-corrected chi connectivity index (χ4v) is 0.615. The van der Waals surface area contributed by atoms with E-state index in [1.54, 1.807) is 13.3 Å². The van der Waals surface area contributed by atoms with Crippen LogP contribution in [0.5, 0.6) is 0 Å². The number of methoxy groups -OCH3 is 1. The van der Waals surface area contributed by atoms with Crippen LogP contribution in [-0.4, -0.2) is 31.3 Å². The molecule has 0 bridgehead atoms. The molecule has 0 saturated carbocycles. The summed E-state index contributed by atoms with van der Waals surface area (Å²) in [7, 11) is 1.69. The Balaban J connectivity index is 3.32. The van der Waals surface area contributed by atoms with Crippen molar-refractivity contribution in [1.82, 2.24) is 0 Å². The number of thiocarbonyl (C=S) groups is 1. The van der Waals surface area contributed by atoms with Gasteiger partial charge in [-0.25, -0.2) is 0 Å². The van der Waals surface area contributed by atoms with E-state index < -0.39 is 0 Å². The van der Waals surface area contributed by atoms with Crippen LogP contribution in [0.1, 0.15) is 13.3 Å². The first kappa shape index (κ1) is 9.72. The molecule has 0 aromatic rings. The van der Waals surface area contributed by atoms with Gasteiger partial charge in [0.05, 0.1) is 0 Å². The molecule has 0 aliphatic rings. The summed E-state index contributed by atoms with van der Waals surface area (Å²) >= 11 is 4.58. The highest BCUT2D eigenvalue weighted by molar-refractivity contribution is 7.80. The van der Waals surface area contributed by atoms with Crippen molar-refractivity contribution in [2.75, 3.05) is 13.7 Å². The third-order valence-corrected chi connectivity index (χ3v) is 1.26. The molecule has 58 valence electrons. The standard InChI is InChI=1S/C7H13NOS/c1-7(3-5-9-2)8-4-6-10/h4,6-7H,3,5H2,1-2H3/t7-/m0/s1. The SMILES string of the molecule is COCC[C@H](C)N=CC=S. The summed E-state index contributed by atoms with van der Waals surface area (Å²) < 4.78 is 4.88. The normalized spacial score (nSPS) is 13.8. The number of aliphatic imine (C=N–C) groups is 1. The van der Waals surface area contributed by atoms with E-state index in [1.807, 2.05) is 6.92 Å². The highest BCUT2D eigenvalue weighted by atomic mass is 32.1. The Morgan fingerprint density at radius 1 is 1.70 bits per heavy atom. The fourth-order valence-electron chi connectivity index (χ4n) is 0.545. The average molecular weight is 159 g/mol.